The molecule has 4 atom stereocenters. The van der Waals surface area contributed by atoms with Crippen molar-refractivity contribution < 1.29 is 9.53 Å². The minimum Gasteiger partial charge on any atom is -0.496 e. The highest BCUT2D eigenvalue weighted by molar-refractivity contribution is 5.78. The maximum absolute atomic E-state index is 13.0. The number of hydrogen-bond donors (Lipinski definition) is 0. The van der Waals surface area contributed by atoms with Crippen molar-refractivity contribution >= 4 is 5.78 Å². The number of fused-ring (bicyclic) bond motifs is 1. The van der Waals surface area contributed by atoms with Crippen LogP contribution in [0.4, 0.5) is 0 Å². The molecule has 32 heavy (non-hydrogen) atoms. The highest BCUT2D eigenvalue weighted by atomic mass is 16.5. The molecule has 174 valence electrons. The Morgan fingerprint density at radius 2 is 1.94 bits per heavy atom. The molecule has 2 saturated carbocycles. The third-order valence-corrected chi connectivity index (χ3v) is 8.77. The third kappa shape index (κ3) is 4.90. The van der Waals surface area contributed by atoms with Crippen LogP contribution in [0.3, 0.4) is 0 Å². The van der Waals surface area contributed by atoms with E-state index < -0.39 is 0 Å². The van der Waals surface area contributed by atoms with E-state index in [0.717, 1.165) is 30.9 Å². The first-order valence-corrected chi connectivity index (χ1v) is 13.0. The van der Waals surface area contributed by atoms with Gasteiger partial charge in [0.1, 0.15) is 11.5 Å². The van der Waals surface area contributed by atoms with Crippen LogP contribution in [-0.4, -0.2) is 12.9 Å². The summed E-state index contributed by atoms with van der Waals surface area (Å²) in [5.41, 5.74) is 7.57. The lowest BCUT2D eigenvalue weighted by molar-refractivity contribution is -0.120. The molecule has 1 aromatic carbocycles. The monoisotopic (exact) mass is 434 g/mol. The van der Waals surface area contributed by atoms with Crippen molar-refractivity contribution in [3.63, 3.8) is 0 Å². The van der Waals surface area contributed by atoms with Crippen LogP contribution < -0.4 is 4.74 Å². The molecule has 0 aliphatic heterocycles. The van der Waals surface area contributed by atoms with Crippen molar-refractivity contribution in [3.8, 4) is 5.75 Å². The number of carbonyl (C=O) groups is 1. The normalized spacial score (nSPS) is 27.8. The van der Waals surface area contributed by atoms with E-state index in [0.29, 0.717) is 23.5 Å². The van der Waals surface area contributed by atoms with Gasteiger partial charge in [0, 0.05) is 12.8 Å². The summed E-state index contributed by atoms with van der Waals surface area (Å²) in [5, 5.41) is 0. The summed E-state index contributed by atoms with van der Waals surface area (Å²) in [4.78, 5) is 13.0. The zero-order valence-corrected chi connectivity index (χ0v) is 20.7. The standard InChI is InChI=1S/C30H42O2/c1-20-15-17-28-21(2)23(16-18-26(20)28)10-7-11-25(31)19-24-9-5-6-12-29(24)27-13-8-14-30(32-4)22(27)3/h8,13-14,18,20,23-24,29H,5-7,9-12,15-17,19H2,1-4H3/t20-,23?,24?,29+/m0/s1. The van der Waals surface area contributed by atoms with Crippen LogP contribution in [-0.2, 0) is 4.79 Å². The average molecular weight is 435 g/mol. The number of carbonyl (C=O) groups excluding carboxylic acids is 1. The molecule has 0 N–H and O–H groups in total. The Labute approximate surface area is 195 Å². The van der Waals surface area contributed by atoms with Crippen molar-refractivity contribution in [2.75, 3.05) is 7.11 Å². The lowest BCUT2D eigenvalue weighted by Gasteiger charge is -2.33. The first kappa shape index (κ1) is 23.3. The van der Waals surface area contributed by atoms with E-state index in [-0.39, 0.29) is 0 Å². The quantitative estimate of drug-likeness (QED) is 0.413. The first-order valence-electron chi connectivity index (χ1n) is 13.0. The van der Waals surface area contributed by atoms with Crippen molar-refractivity contribution in [3.05, 3.63) is 52.1 Å². The molecule has 2 heteroatoms. The first-order chi connectivity index (χ1) is 15.5. The van der Waals surface area contributed by atoms with E-state index in [4.69, 9.17) is 4.74 Å². The zero-order chi connectivity index (χ0) is 22.7. The third-order valence-electron chi connectivity index (χ3n) is 8.77. The number of ether oxygens (including phenoxy) is 1. The van der Waals surface area contributed by atoms with Crippen LogP contribution >= 0.6 is 0 Å². The number of hydrogen-bond acceptors (Lipinski definition) is 2. The second kappa shape index (κ2) is 10.4. The molecule has 0 heterocycles. The van der Waals surface area contributed by atoms with Crippen molar-refractivity contribution in [1.82, 2.24) is 0 Å². The van der Waals surface area contributed by atoms with Gasteiger partial charge in [-0.15, -0.1) is 0 Å². The molecule has 2 fully saturated rings. The Morgan fingerprint density at radius 3 is 2.75 bits per heavy atom. The van der Waals surface area contributed by atoms with Gasteiger partial charge >= 0.3 is 0 Å². The Bertz CT molecular complexity index is 890. The van der Waals surface area contributed by atoms with Crippen LogP contribution in [0.15, 0.2) is 41.0 Å². The van der Waals surface area contributed by atoms with Gasteiger partial charge in [0.2, 0.25) is 0 Å². The summed E-state index contributed by atoms with van der Waals surface area (Å²) >= 11 is 0. The molecule has 0 saturated heterocycles. The number of rotatable bonds is 8. The van der Waals surface area contributed by atoms with Gasteiger partial charge in [-0.2, -0.15) is 0 Å². The Hall–Kier alpha value is -1.83. The molecule has 0 amide bonds. The van der Waals surface area contributed by atoms with Crippen molar-refractivity contribution in [2.24, 2.45) is 17.8 Å². The molecule has 4 rings (SSSR count). The number of methoxy groups -OCH3 is 1. The minimum absolute atomic E-state index is 0.481. The Morgan fingerprint density at radius 1 is 1.12 bits per heavy atom. The summed E-state index contributed by atoms with van der Waals surface area (Å²) in [6.07, 6.45) is 14.9. The SMILES string of the molecule is COc1cccc([C@@H]2CCCCC2CC(=O)CCCC2CC=C3C(=C2C)CC[C@@H]3C)c1C. The van der Waals surface area contributed by atoms with Crippen LogP contribution in [0.25, 0.3) is 0 Å². The maximum Gasteiger partial charge on any atom is 0.133 e. The second-order valence-electron chi connectivity index (χ2n) is 10.7. The number of benzene rings is 1. The summed E-state index contributed by atoms with van der Waals surface area (Å²) in [7, 11) is 1.75. The van der Waals surface area contributed by atoms with E-state index in [9.17, 15) is 4.79 Å². The largest absolute Gasteiger partial charge is 0.496 e. The van der Waals surface area contributed by atoms with Gasteiger partial charge in [-0.1, -0.05) is 43.5 Å². The molecular weight excluding hydrogens is 392 g/mol. The maximum atomic E-state index is 13.0. The van der Waals surface area contributed by atoms with Gasteiger partial charge in [0.25, 0.3) is 0 Å². The zero-order valence-electron chi connectivity index (χ0n) is 20.7. The lowest BCUT2D eigenvalue weighted by atomic mass is 9.72. The van der Waals surface area contributed by atoms with E-state index in [1.54, 1.807) is 23.8 Å². The van der Waals surface area contributed by atoms with Crippen molar-refractivity contribution in [1.29, 1.82) is 0 Å². The van der Waals surface area contributed by atoms with Crippen LogP contribution in [0, 0.1) is 24.7 Å². The molecule has 0 spiro atoms. The minimum atomic E-state index is 0.481. The van der Waals surface area contributed by atoms with Gasteiger partial charge < -0.3 is 4.74 Å². The molecule has 3 aliphatic carbocycles. The van der Waals surface area contributed by atoms with Crippen LogP contribution in [0.1, 0.15) is 102 Å². The van der Waals surface area contributed by atoms with Gasteiger partial charge in [0.05, 0.1) is 7.11 Å². The number of Topliss-reactive ketones (excluding diaryl/α,β-unsaturated/α-hetero) is 1. The highest BCUT2D eigenvalue weighted by Gasteiger charge is 2.31. The van der Waals surface area contributed by atoms with Gasteiger partial charge in [-0.25, -0.2) is 0 Å². The molecule has 0 bridgehead atoms. The molecule has 3 aliphatic rings. The second-order valence-corrected chi connectivity index (χ2v) is 10.7. The van der Waals surface area contributed by atoms with Gasteiger partial charge in [0.15, 0.2) is 0 Å². The fourth-order valence-electron chi connectivity index (χ4n) is 6.79. The number of ketones is 1. The molecule has 2 unspecified atom stereocenters. The smallest absolute Gasteiger partial charge is 0.133 e. The summed E-state index contributed by atoms with van der Waals surface area (Å²) in [6.45, 7) is 6.90. The number of allylic oxidation sites excluding steroid dienone is 4. The van der Waals surface area contributed by atoms with E-state index in [1.807, 2.05) is 0 Å². The Kier molecular flexibility index (Phi) is 7.59. The van der Waals surface area contributed by atoms with E-state index in [1.165, 1.54) is 62.5 Å². The van der Waals surface area contributed by atoms with Gasteiger partial charge in [-0.3, -0.25) is 4.79 Å². The molecular formula is C30H42O2. The predicted octanol–water partition coefficient (Wildman–Crippen LogP) is 8.10. The predicted molar refractivity (Wildman–Crippen MR) is 133 cm³/mol. The molecule has 0 radical (unpaired) electrons. The van der Waals surface area contributed by atoms with E-state index in [2.05, 4.69) is 45.0 Å². The molecule has 2 nitrogen and oxygen atoms in total. The summed E-state index contributed by atoms with van der Waals surface area (Å²) in [5.74, 6) is 3.86. The van der Waals surface area contributed by atoms with Crippen LogP contribution in [0.2, 0.25) is 0 Å². The Balaban J connectivity index is 1.32. The fraction of sp³-hybridized carbons (Fsp3) is 0.633. The highest BCUT2D eigenvalue weighted by Crippen LogP contribution is 2.45. The average Bonchev–Trinajstić information content (AvgIpc) is 3.17. The van der Waals surface area contributed by atoms with Crippen LogP contribution in [0.5, 0.6) is 5.75 Å². The van der Waals surface area contributed by atoms with Crippen molar-refractivity contribution in [2.45, 2.75) is 97.3 Å². The summed E-state index contributed by atoms with van der Waals surface area (Å²) in [6, 6.07) is 6.42. The lowest BCUT2D eigenvalue weighted by Crippen LogP contribution is -2.22. The fourth-order valence-corrected chi connectivity index (χ4v) is 6.79. The molecule has 0 aromatic heterocycles. The topological polar surface area (TPSA) is 26.3 Å². The van der Waals surface area contributed by atoms with E-state index >= 15 is 0 Å². The van der Waals surface area contributed by atoms with Gasteiger partial charge in [-0.05, 0) is 111 Å². The summed E-state index contributed by atoms with van der Waals surface area (Å²) < 4.78 is 5.57. The molecule has 1 aromatic rings.